The lowest BCUT2D eigenvalue weighted by atomic mass is 10.2. The van der Waals surface area contributed by atoms with Crippen molar-refractivity contribution in [3.8, 4) is 5.75 Å². The Hall–Kier alpha value is -3.60. The number of carbonyl (C=O) groups is 1. The molecule has 0 aliphatic rings. The third-order valence-corrected chi connectivity index (χ3v) is 4.85. The number of rotatable bonds is 9. The fourth-order valence-electron chi connectivity index (χ4n) is 2.37. The van der Waals surface area contributed by atoms with E-state index in [4.69, 9.17) is 10.6 Å². The minimum absolute atomic E-state index is 0.0982. The highest BCUT2D eigenvalue weighted by Crippen LogP contribution is 2.17. The summed E-state index contributed by atoms with van der Waals surface area (Å²) in [4.78, 5) is 12.0. The molecule has 9 nitrogen and oxygen atoms in total. The molecule has 0 aliphatic carbocycles. The number of nitrogen functional groups attached to an aromatic ring is 1. The average Bonchev–Trinajstić information content (AvgIpc) is 3.11. The van der Waals surface area contributed by atoms with Crippen molar-refractivity contribution in [2.75, 3.05) is 24.1 Å². The SMILES string of the molecule is COc1ccccc1/C=N/Nc1nnc(SCC(=O)NCc2ccc(F)cc2)n1N. The molecule has 0 atom stereocenters. The van der Waals surface area contributed by atoms with Gasteiger partial charge in [0.1, 0.15) is 11.6 Å². The summed E-state index contributed by atoms with van der Waals surface area (Å²) in [5, 5.41) is 15.0. The van der Waals surface area contributed by atoms with Gasteiger partial charge in [-0.1, -0.05) is 36.0 Å². The number of carbonyl (C=O) groups excluding carboxylic acids is 1. The molecular formula is C19H20FN7O2S. The fourth-order valence-corrected chi connectivity index (χ4v) is 3.05. The summed E-state index contributed by atoms with van der Waals surface area (Å²) in [6.07, 6.45) is 1.57. The molecule has 30 heavy (non-hydrogen) atoms. The summed E-state index contributed by atoms with van der Waals surface area (Å²) in [7, 11) is 1.58. The normalized spacial score (nSPS) is 10.9. The average molecular weight is 429 g/mol. The second-order valence-corrected chi connectivity index (χ2v) is 6.92. The van der Waals surface area contributed by atoms with Gasteiger partial charge in [0.2, 0.25) is 11.1 Å². The number of para-hydroxylation sites is 1. The number of halogens is 1. The Kier molecular flexibility index (Phi) is 7.22. The molecule has 3 aromatic rings. The first-order valence-corrected chi connectivity index (χ1v) is 9.82. The predicted octanol–water partition coefficient (Wildman–Crippen LogP) is 1.99. The van der Waals surface area contributed by atoms with Gasteiger partial charge < -0.3 is 15.9 Å². The Bertz CT molecular complexity index is 1020. The quantitative estimate of drug-likeness (QED) is 0.206. The number of benzene rings is 2. The summed E-state index contributed by atoms with van der Waals surface area (Å²) >= 11 is 1.13. The molecule has 11 heteroatoms. The molecule has 0 saturated heterocycles. The van der Waals surface area contributed by atoms with Crippen LogP contribution >= 0.6 is 11.8 Å². The number of thioether (sulfide) groups is 1. The van der Waals surface area contributed by atoms with Crippen LogP contribution in [0.1, 0.15) is 11.1 Å². The van der Waals surface area contributed by atoms with E-state index in [1.54, 1.807) is 25.5 Å². The topological polar surface area (TPSA) is 119 Å². The zero-order chi connectivity index (χ0) is 21.3. The lowest BCUT2D eigenvalue weighted by Crippen LogP contribution is -2.25. The monoisotopic (exact) mass is 429 g/mol. The molecule has 156 valence electrons. The predicted molar refractivity (Wildman–Crippen MR) is 113 cm³/mol. The van der Waals surface area contributed by atoms with E-state index < -0.39 is 0 Å². The molecule has 0 bridgehead atoms. The van der Waals surface area contributed by atoms with Crippen molar-refractivity contribution in [1.82, 2.24) is 20.2 Å². The summed E-state index contributed by atoms with van der Waals surface area (Å²) in [6.45, 7) is 0.305. The van der Waals surface area contributed by atoms with E-state index in [-0.39, 0.29) is 23.4 Å². The van der Waals surface area contributed by atoms with Gasteiger partial charge in [0.25, 0.3) is 5.95 Å². The summed E-state index contributed by atoms with van der Waals surface area (Å²) < 4.78 is 19.3. The number of aromatic nitrogens is 3. The van der Waals surface area contributed by atoms with E-state index in [2.05, 4.69) is 26.0 Å². The van der Waals surface area contributed by atoms with Gasteiger partial charge in [0, 0.05) is 12.1 Å². The Morgan fingerprint density at radius 3 is 2.80 bits per heavy atom. The maximum atomic E-state index is 12.9. The van der Waals surface area contributed by atoms with Gasteiger partial charge >= 0.3 is 0 Å². The number of anilines is 1. The first-order valence-electron chi connectivity index (χ1n) is 8.83. The number of hydrazone groups is 1. The molecule has 3 rings (SSSR count). The van der Waals surface area contributed by atoms with Crippen LogP contribution in [-0.2, 0) is 11.3 Å². The van der Waals surface area contributed by atoms with Crippen molar-refractivity contribution < 1.29 is 13.9 Å². The van der Waals surface area contributed by atoms with Crippen molar-refractivity contribution in [3.63, 3.8) is 0 Å². The number of methoxy groups -OCH3 is 1. The van der Waals surface area contributed by atoms with Crippen LogP contribution in [0.25, 0.3) is 0 Å². The van der Waals surface area contributed by atoms with E-state index in [0.717, 1.165) is 22.9 Å². The van der Waals surface area contributed by atoms with Crippen molar-refractivity contribution in [2.45, 2.75) is 11.7 Å². The van der Waals surface area contributed by atoms with Crippen LogP contribution in [-0.4, -0.2) is 39.9 Å². The van der Waals surface area contributed by atoms with Crippen LogP contribution in [0.3, 0.4) is 0 Å². The molecule has 1 amide bonds. The van der Waals surface area contributed by atoms with E-state index in [1.807, 2.05) is 24.3 Å². The Balaban J connectivity index is 1.49. The van der Waals surface area contributed by atoms with Crippen molar-refractivity contribution in [2.24, 2.45) is 5.10 Å². The summed E-state index contributed by atoms with van der Waals surface area (Å²) in [5.41, 5.74) is 4.29. The van der Waals surface area contributed by atoms with Gasteiger partial charge in [0.15, 0.2) is 0 Å². The summed E-state index contributed by atoms with van der Waals surface area (Å²) in [6, 6.07) is 13.3. The molecular weight excluding hydrogens is 409 g/mol. The first-order chi connectivity index (χ1) is 14.6. The highest BCUT2D eigenvalue weighted by molar-refractivity contribution is 7.99. The highest BCUT2D eigenvalue weighted by atomic mass is 32.2. The Morgan fingerprint density at radius 1 is 1.27 bits per heavy atom. The Morgan fingerprint density at radius 2 is 2.03 bits per heavy atom. The van der Waals surface area contributed by atoms with Gasteiger partial charge in [-0.25, -0.2) is 14.5 Å². The molecule has 0 spiro atoms. The molecule has 0 fully saturated rings. The largest absolute Gasteiger partial charge is 0.496 e. The van der Waals surface area contributed by atoms with Gasteiger partial charge in [-0.2, -0.15) is 5.10 Å². The minimum Gasteiger partial charge on any atom is -0.496 e. The van der Waals surface area contributed by atoms with E-state index in [9.17, 15) is 9.18 Å². The van der Waals surface area contributed by atoms with Crippen LogP contribution in [0.5, 0.6) is 5.75 Å². The van der Waals surface area contributed by atoms with Gasteiger partial charge in [-0.05, 0) is 29.8 Å². The van der Waals surface area contributed by atoms with Gasteiger partial charge in [0.05, 0.1) is 19.1 Å². The number of ether oxygens (including phenoxy) is 1. The second-order valence-electron chi connectivity index (χ2n) is 5.98. The highest BCUT2D eigenvalue weighted by Gasteiger charge is 2.12. The fraction of sp³-hybridized carbons (Fsp3) is 0.158. The molecule has 2 aromatic carbocycles. The third-order valence-electron chi connectivity index (χ3n) is 3.91. The van der Waals surface area contributed by atoms with E-state index in [0.29, 0.717) is 17.5 Å². The van der Waals surface area contributed by atoms with Crippen molar-refractivity contribution in [1.29, 1.82) is 0 Å². The zero-order valence-electron chi connectivity index (χ0n) is 16.1. The molecule has 1 aromatic heterocycles. The smallest absolute Gasteiger partial charge is 0.264 e. The van der Waals surface area contributed by atoms with Crippen LogP contribution in [0, 0.1) is 5.82 Å². The molecule has 1 heterocycles. The molecule has 0 aliphatic heterocycles. The molecule has 4 N–H and O–H groups in total. The summed E-state index contributed by atoms with van der Waals surface area (Å²) in [5.74, 6) is 6.41. The van der Waals surface area contributed by atoms with Gasteiger partial charge in [-0.15, -0.1) is 10.2 Å². The minimum atomic E-state index is -0.320. The van der Waals surface area contributed by atoms with Crippen LogP contribution in [0.2, 0.25) is 0 Å². The van der Waals surface area contributed by atoms with Crippen LogP contribution in [0.4, 0.5) is 10.3 Å². The Labute approximate surface area is 176 Å². The van der Waals surface area contributed by atoms with Crippen molar-refractivity contribution in [3.05, 3.63) is 65.5 Å². The number of nitrogens with two attached hydrogens (primary N) is 1. The number of nitrogens with zero attached hydrogens (tertiary/aromatic N) is 4. The van der Waals surface area contributed by atoms with E-state index in [1.165, 1.54) is 16.8 Å². The first kappa shape index (κ1) is 21.1. The lowest BCUT2D eigenvalue weighted by molar-refractivity contribution is -0.118. The third kappa shape index (κ3) is 5.70. The molecule has 0 saturated carbocycles. The van der Waals surface area contributed by atoms with Crippen molar-refractivity contribution >= 4 is 29.8 Å². The standard InChI is InChI=1S/C19H20FN7O2S/c1-29-16-5-3-2-4-14(16)11-23-24-18-25-26-19(27(18)21)30-12-17(28)22-10-13-6-8-15(20)9-7-13/h2-9,11H,10,12,21H2,1H3,(H,22,28)(H,24,25)/b23-11+. The zero-order valence-corrected chi connectivity index (χ0v) is 16.9. The second kappa shape index (κ2) is 10.3. The van der Waals surface area contributed by atoms with Crippen LogP contribution < -0.4 is 21.3 Å². The van der Waals surface area contributed by atoms with E-state index >= 15 is 0 Å². The number of hydrogen-bond acceptors (Lipinski definition) is 8. The maximum Gasteiger partial charge on any atom is 0.264 e. The molecule has 0 unspecified atom stereocenters. The lowest BCUT2D eigenvalue weighted by Gasteiger charge is -2.06. The maximum absolute atomic E-state index is 12.9. The molecule has 0 radical (unpaired) electrons. The van der Waals surface area contributed by atoms with Gasteiger partial charge in [-0.3, -0.25) is 4.79 Å². The number of nitrogens with one attached hydrogen (secondary N) is 2. The number of hydrogen-bond donors (Lipinski definition) is 3. The van der Waals surface area contributed by atoms with Crippen LogP contribution in [0.15, 0.2) is 58.8 Å². The number of amides is 1.